The molecular formula is C27H47N7O5. The number of aliphatic imine (C=N–C) groups is 1. The SMILES string of the molecule is CC[C@@H]1NC(=O)[C@H](CCCN=C(N)N)NC(=O)[C@](C)(CC(=O)C(C)C)CCNC(=O)[C@@H](C2CCCC2)NC1=O. The third-order valence-corrected chi connectivity index (χ3v) is 7.79. The second-order valence-electron chi connectivity index (χ2n) is 11.4. The van der Waals surface area contributed by atoms with E-state index in [9.17, 15) is 24.0 Å². The van der Waals surface area contributed by atoms with Gasteiger partial charge in [0, 0.05) is 25.4 Å². The van der Waals surface area contributed by atoms with Gasteiger partial charge in [0.15, 0.2) is 5.96 Å². The number of Topliss-reactive ketones (excluding diaryl/α,β-unsaturated/α-hetero) is 1. The molecule has 0 aromatic carbocycles. The molecule has 4 amide bonds. The number of rotatable bonds is 9. The van der Waals surface area contributed by atoms with Gasteiger partial charge >= 0.3 is 0 Å². The summed E-state index contributed by atoms with van der Waals surface area (Å²) in [5.74, 6) is -2.18. The van der Waals surface area contributed by atoms with E-state index in [2.05, 4.69) is 26.3 Å². The van der Waals surface area contributed by atoms with Crippen molar-refractivity contribution >= 4 is 35.4 Å². The number of hydrogen-bond donors (Lipinski definition) is 6. The van der Waals surface area contributed by atoms with Crippen LogP contribution < -0.4 is 32.7 Å². The summed E-state index contributed by atoms with van der Waals surface area (Å²) in [5.41, 5.74) is 9.64. The van der Waals surface area contributed by atoms with Crippen LogP contribution in [0.5, 0.6) is 0 Å². The normalized spacial score (nSPS) is 27.7. The molecule has 39 heavy (non-hydrogen) atoms. The lowest BCUT2D eigenvalue weighted by atomic mass is 9.78. The van der Waals surface area contributed by atoms with Crippen LogP contribution in [0, 0.1) is 17.3 Å². The van der Waals surface area contributed by atoms with Gasteiger partial charge < -0.3 is 32.7 Å². The van der Waals surface area contributed by atoms with Crippen LogP contribution in [0.3, 0.4) is 0 Å². The summed E-state index contributed by atoms with van der Waals surface area (Å²) in [4.78, 5) is 70.1. The summed E-state index contributed by atoms with van der Waals surface area (Å²) < 4.78 is 0. The Morgan fingerprint density at radius 3 is 2.23 bits per heavy atom. The first kappa shape index (κ1) is 32.0. The van der Waals surface area contributed by atoms with Gasteiger partial charge in [-0.1, -0.05) is 40.5 Å². The molecular weight excluding hydrogens is 502 g/mol. The lowest BCUT2D eigenvalue weighted by molar-refractivity contribution is -0.140. The first-order chi connectivity index (χ1) is 18.4. The molecule has 12 heteroatoms. The molecule has 0 bridgehead atoms. The van der Waals surface area contributed by atoms with Gasteiger partial charge in [-0.05, 0) is 44.4 Å². The molecule has 4 atom stereocenters. The quantitative estimate of drug-likeness (QED) is 0.134. The maximum Gasteiger partial charge on any atom is 0.243 e. The zero-order chi connectivity index (χ0) is 29.2. The van der Waals surface area contributed by atoms with E-state index in [1.165, 1.54) is 0 Å². The molecule has 1 saturated heterocycles. The maximum atomic E-state index is 13.6. The van der Waals surface area contributed by atoms with Crippen molar-refractivity contribution in [2.24, 2.45) is 33.7 Å². The molecule has 1 heterocycles. The minimum atomic E-state index is -1.16. The topological polar surface area (TPSA) is 198 Å². The highest BCUT2D eigenvalue weighted by molar-refractivity contribution is 5.96. The Balaban J connectivity index is 2.39. The fourth-order valence-corrected chi connectivity index (χ4v) is 5.11. The standard InChI is InChI=1S/C27H47N7O5/c1-5-18-22(36)34-21(17-9-6-7-10-17)24(38)30-14-12-27(4,15-20(35)16(2)3)25(39)33-19(23(37)32-18)11-8-13-31-26(28)29/h16-19,21H,5-15H2,1-4H3,(H,30,38)(H,32,37)(H,33,39)(H,34,36)(H4,28,29,31)/t18-,19-,21+,27-/m0/s1. The zero-order valence-electron chi connectivity index (χ0n) is 23.8. The van der Waals surface area contributed by atoms with Gasteiger partial charge in [0.1, 0.15) is 23.9 Å². The fourth-order valence-electron chi connectivity index (χ4n) is 5.11. The van der Waals surface area contributed by atoms with Gasteiger partial charge in [0.05, 0.1) is 5.41 Å². The number of ketones is 1. The Hall–Kier alpha value is -3.18. The van der Waals surface area contributed by atoms with Crippen LogP contribution in [-0.2, 0) is 24.0 Å². The highest BCUT2D eigenvalue weighted by Crippen LogP contribution is 2.30. The first-order valence-electron chi connectivity index (χ1n) is 14.2. The van der Waals surface area contributed by atoms with Crippen molar-refractivity contribution in [2.75, 3.05) is 13.1 Å². The van der Waals surface area contributed by atoms with E-state index in [4.69, 9.17) is 11.5 Å². The molecule has 0 radical (unpaired) electrons. The van der Waals surface area contributed by atoms with Crippen LogP contribution in [0.1, 0.15) is 85.5 Å². The Kier molecular flexibility index (Phi) is 12.2. The van der Waals surface area contributed by atoms with Crippen molar-refractivity contribution in [1.82, 2.24) is 21.3 Å². The molecule has 8 N–H and O–H groups in total. The molecule has 1 saturated carbocycles. The fraction of sp³-hybridized carbons (Fsp3) is 0.778. The average Bonchev–Trinajstić information content (AvgIpc) is 3.40. The van der Waals surface area contributed by atoms with Crippen LogP contribution >= 0.6 is 0 Å². The summed E-state index contributed by atoms with van der Waals surface area (Å²) in [5, 5.41) is 11.3. The predicted molar refractivity (Wildman–Crippen MR) is 148 cm³/mol. The molecule has 220 valence electrons. The van der Waals surface area contributed by atoms with Gasteiger partial charge in [-0.25, -0.2) is 0 Å². The third kappa shape index (κ3) is 9.50. The number of carbonyl (C=O) groups excluding carboxylic acids is 5. The number of nitrogens with one attached hydrogen (secondary N) is 4. The lowest BCUT2D eigenvalue weighted by Crippen LogP contribution is -2.59. The number of nitrogens with two attached hydrogens (primary N) is 2. The van der Waals surface area contributed by atoms with Crippen LogP contribution in [0.25, 0.3) is 0 Å². The minimum absolute atomic E-state index is 0.00412. The van der Waals surface area contributed by atoms with E-state index in [1.807, 2.05) is 0 Å². The first-order valence-corrected chi connectivity index (χ1v) is 14.2. The predicted octanol–water partition coefficient (Wildman–Crippen LogP) is 0.236. The third-order valence-electron chi connectivity index (χ3n) is 7.79. The molecule has 2 fully saturated rings. The number of guanidine groups is 1. The van der Waals surface area contributed by atoms with Crippen molar-refractivity contribution in [1.29, 1.82) is 0 Å². The minimum Gasteiger partial charge on any atom is -0.370 e. The maximum absolute atomic E-state index is 13.6. The summed E-state index contributed by atoms with van der Waals surface area (Å²) in [7, 11) is 0. The Morgan fingerprint density at radius 2 is 1.64 bits per heavy atom. The molecule has 0 aromatic rings. The second-order valence-corrected chi connectivity index (χ2v) is 11.4. The monoisotopic (exact) mass is 549 g/mol. The largest absolute Gasteiger partial charge is 0.370 e. The molecule has 12 nitrogen and oxygen atoms in total. The van der Waals surface area contributed by atoms with Crippen molar-refractivity contribution < 1.29 is 24.0 Å². The molecule has 1 aliphatic carbocycles. The summed E-state index contributed by atoms with van der Waals surface area (Å²) in [6.45, 7) is 7.39. The molecule has 2 rings (SSSR count). The summed E-state index contributed by atoms with van der Waals surface area (Å²) in [6, 6.07) is -2.59. The van der Waals surface area contributed by atoms with Crippen molar-refractivity contribution in [3.8, 4) is 0 Å². The molecule has 0 unspecified atom stereocenters. The Labute approximate surface area is 231 Å². The van der Waals surface area contributed by atoms with Crippen molar-refractivity contribution in [2.45, 2.75) is 104 Å². The van der Waals surface area contributed by atoms with Crippen LogP contribution in [-0.4, -0.2) is 66.6 Å². The zero-order valence-corrected chi connectivity index (χ0v) is 23.8. The lowest BCUT2D eigenvalue weighted by Gasteiger charge is -2.33. The van der Waals surface area contributed by atoms with E-state index in [-0.39, 0.29) is 61.8 Å². The molecule has 0 spiro atoms. The van der Waals surface area contributed by atoms with Crippen LogP contribution in [0.15, 0.2) is 4.99 Å². The smallest absolute Gasteiger partial charge is 0.243 e. The van der Waals surface area contributed by atoms with Crippen molar-refractivity contribution in [3.05, 3.63) is 0 Å². The van der Waals surface area contributed by atoms with Gasteiger partial charge in [-0.2, -0.15) is 0 Å². The van der Waals surface area contributed by atoms with E-state index in [0.717, 1.165) is 25.7 Å². The average molecular weight is 550 g/mol. The van der Waals surface area contributed by atoms with Gasteiger partial charge in [-0.15, -0.1) is 0 Å². The summed E-state index contributed by atoms with van der Waals surface area (Å²) in [6.07, 6.45) is 4.69. The van der Waals surface area contributed by atoms with Crippen molar-refractivity contribution in [3.63, 3.8) is 0 Å². The Bertz CT molecular complexity index is 927. The number of nitrogens with zero attached hydrogens (tertiary/aromatic N) is 1. The van der Waals surface area contributed by atoms with E-state index in [0.29, 0.717) is 12.8 Å². The van der Waals surface area contributed by atoms with Gasteiger partial charge in [-0.3, -0.25) is 29.0 Å². The highest BCUT2D eigenvalue weighted by Gasteiger charge is 2.40. The van der Waals surface area contributed by atoms with E-state index in [1.54, 1.807) is 27.7 Å². The van der Waals surface area contributed by atoms with Crippen LogP contribution in [0.2, 0.25) is 0 Å². The van der Waals surface area contributed by atoms with E-state index >= 15 is 0 Å². The van der Waals surface area contributed by atoms with E-state index < -0.39 is 41.3 Å². The molecule has 0 aromatic heterocycles. The van der Waals surface area contributed by atoms with Gasteiger partial charge in [0.2, 0.25) is 23.6 Å². The molecule has 1 aliphatic heterocycles. The Morgan fingerprint density at radius 1 is 1.00 bits per heavy atom. The summed E-state index contributed by atoms with van der Waals surface area (Å²) >= 11 is 0. The highest BCUT2D eigenvalue weighted by atomic mass is 16.2. The van der Waals surface area contributed by atoms with Crippen LogP contribution in [0.4, 0.5) is 0 Å². The molecule has 2 aliphatic rings. The number of carbonyl (C=O) groups is 5. The van der Waals surface area contributed by atoms with Gasteiger partial charge in [0.25, 0.3) is 0 Å². The second kappa shape index (κ2) is 14.8. The number of amides is 4. The number of hydrogen-bond acceptors (Lipinski definition) is 6.